The highest BCUT2D eigenvalue weighted by molar-refractivity contribution is 9.10. The molecule has 110 valence electrons. The molecule has 0 radical (unpaired) electrons. The van der Waals surface area contributed by atoms with Gasteiger partial charge in [-0.05, 0) is 31.4 Å². The molecule has 0 aromatic heterocycles. The maximum atomic E-state index is 5.81. The third kappa shape index (κ3) is 4.62. The molecule has 0 spiro atoms. The van der Waals surface area contributed by atoms with Crippen molar-refractivity contribution in [3.63, 3.8) is 0 Å². The Labute approximate surface area is 129 Å². The molecular weight excluding hydrogens is 318 g/mol. The lowest BCUT2D eigenvalue weighted by atomic mass is 10.0. The Kier molecular flexibility index (Phi) is 6.57. The van der Waals surface area contributed by atoms with Crippen molar-refractivity contribution >= 4 is 15.9 Å². The highest BCUT2D eigenvalue weighted by atomic mass is 79.9. The van der Waals surface area contributed by atoms with E-state index in [4.69, 9.17) is 9.47 Å². The van der Waals surface area contributed by atoms with Gasteiger partial charge in [0.15, 0.2) is 0 Å². The average molecular weight is 340 g/mol. The Morgan fingerprint density at radius 1 is 1.45 bits per heavy atom. The number of halogens is 1. The van der Waals surface area contributed by atoms with E-state index in [-0.39, 0.29) is 0 Å². The van der Waals surface area contributed by atoms with Crippen molar-refractivity contribution in [2.45, 2.75) is 25.3 Å². The second kappa shape index (κ2) is 8.45. The van der Waals surface area contributed by atoms with Crippen LogP contribution in [0.25, 0.3) is 0 Å². The average Bonchev–Trinajstić information content (AvgIpc) is 2.64. The lowest BCUT2D eigenvalue weighted by Crippen LogP contribution is -2.25. The molecule has 1 aliphatic heterocycles. The Morgan fingerprint density at radius 3 is 3.20 bits per heavy atom. The zero-order valence-electron chi connectivity index (χ0n) is 11.7. The van der Waals surface area contributed by atoms with Crippen molar-refractivity contribution < 1.29 is 9.47 Å². The van der Waals surface area contributed by atoms with Gasteiger partial charge in [-0.15, -0.1) is 6.58 Å². The number of benzene rings is 1. The molecule has 0 aliphatic carbocycles. The standard InChI is InChI=1S/C16H22BrNO2/c1-2-3-9-19-11-8-18-15-5-4-10-20-16-12-13(17)6-7-14(15)16/h2,6-7,12,15,18H,1,3-5,8-11H2. The van der Waals surface area contributed by atoms with E-state index in [1.165, 1.54) is 5.56 Å². The molecule has 1 aromatic rings. The summed E-state index contributed by atoms with van der Waals surface area (Å²) in [5.41, 5.74) is 1.25. The number of rotatable bonds is 7. The van der Waals surface area contributed by atoms with Gasteiger partial charge >= 0.3 is 0 Å². The van der Waals surface area contributed by atoms with Crippen LogP contribution in [0.1, 0.15) is 30.9 Å². The maximum absolute atomic E-state index is 5.81. The summed E-state index contributed by atoms with van der Waals surface area (Å²) in [5, 5.41) is 3.57. The Bertz CT molecular complexity index is 436. The van der Waals surface area contributed by atoms with Crippen molar-refractivity contribution in [1.82, 2.24) is 5.32 Å². The molecule has 0 amide bonds. The van der Waals surface area contributed by atoms with Crippen LogP contribution in [0.4, 0.5) is 0 Å². The first-order valence-corrected chi connectivity index (χ1v) is 7.95. The Morgan fingerprint density at radius 2 is 2.35 bits per heavy atom. The summed E-state index contributed by atoms with van der Waals surface area (Å²) in [7, 11) is 0. The van der Waals surface area contributed by atoms with Gasteiger partial charge in [0.1, 0.15) is 5.75 Å². The molecule has 0 bridgehead atoms. The van der Waals surface area contributed by atoms with E-state index in [0.29, 0.717) is 6.04 Å². The molecule has 0 saturated carbocycles. The van der Waals surface area contributed by atoms with Crippen LogP contribution >= 0.6 is 15.9 Å². The summed E-state index contributed by atoms with van der Waals surface area (Å²) < 4.78 is 12.4. The summed E-state index contributed by atoms with van der Waals surface area (Å²) in [5.74, 6) is 0.988. The zero-order valence-corrected chi connectivity index (χ0v) is 13.3. The highest BCUT2D eigenvalue weighted by Crippen LogP contribution is 2.33. The molecular formula is C16H22BrNO2. The summed E-state index contributed by atoms with van der Waals surface area (Å²) in [6, 6.07) is 6.61. The first-order chi connectivity index (χ1) is 9.81. The largest absolute Gasteiger partial charge is 0.493 e. The third-order valence-corrected chi connectivity index (χ3v) is 3.84. The number of fused-ring (bicyclic) bond motifs is 1. The molecule has 1 aliphatic rings. The van der Waals surface area contributed by atoms with Crippen LogP contribution in [0.3, 0.4) is 0 Å². The summed E-state index contributed by atoms with van der Waals surface area (Å²) in [6.45, 7) is 6.81. The monoisotopic (exact) mass is 339 g/mol. The normalized spacial score (nSPS) is 17.9. The van der Waals surface area contributed by atoms with E-state index in [1.54, 1.807) is 0 Å². The van der Waals surface area contributed by atoms with Gasteiger partial charge in [-0.2, -0.15) is 0 Å². The third-order valence-electron chi connectivity index (χ3n) is 3.35. The van der Waals surface area contributed by atoms with E-state index in [0.717, 1.165) is 55.9 Å². The van der Waals surface area contributed by atoms with Crippen LogP contribution in [0, 0.1) is 0 Å². The number of ether oxygens (including phenoxy) is 2. The van der Waals surface area contributed by atoms with Crippen LogP contribution in [0.5, 0.6) is 5.75 Å². The van der Waals surface area contributed by atoms with E-state index < -0.39 is 0 Å². The molecule has 0 saturated heterocycles. The Balaban J connectivity index is 1.87. The molecule has 1 aromatic carbocycles. The van der Waals surface area contributed by atoms with Gasteiger partial charge in [0.25, 0.3) is 0 Å². The van der Waals surface area contributed by atoms with Crippen molar-refractivity contribution in [3.8, 4) is 5.75 Å². The number of nitrogens with one attached hydrogen (secondary N) is 1. The van der Waals surface area contributed by atoms with E-state index in [9.17, 15) is 0 Å². The van der Waals surface area contributed by atoms with Gasteiger partial charge in [0.05, 0.1) is 19.8 Å². The van der Waals surface area contributed by atoms with Crippen LogP contribution in [0.15, 0.2) is 35.3 Å². The van der Waals surface area contributed by atoms with Crippen LogP contribution in [-0.2, 0) is 4.74 Å². The predicted octanol–water partition coefficient (Wildman–Crippen LogP) is 3.85. The predicted molar refractivity (Wildman–Crippen MR) is 85.2 cm³/mol. The van der Waals surface area contributed by atoms with Gasteiger partial charge in [0, 0.05) is 22.6 Å². The topological polar surface area (TPSA) is 30.5 Å². The smallest absolute Gasteiger partial charge is 0.125 e. The van der Waals surface area contributed by atoms with E-state index >= 15 is 0 Å². The second-order valence-corrected chi connectivity index (χ2v) is 5.78. The van der Waals surface area contributed by atoms with E-state index in [2.05, 4.69) is 46.0 Å². The molecule has 3 nitrogen and oxygen atoms in total. The molecule has 2 rings (SSSR count). The number of hydrogen-bond acceptors (Lipinski definition) is 3. The fraction of sp³-hybridized carbons (Fsp3) is 0.500. The van der Waals surface area contributed by atoms with Gasteiger partial charge in [0.2, 0.25) is 0 Å². The summed E-state index contributed by atoms with van der Waals surface area (Å²) >= 11 is 3.50. The van der Waals surface area contributed by atoms with Crippen LogP contribution in [-0.4, -0.2) is 26.4 Å². The highest BCUT2D eigenvalue weighted by Gasteiger charge is 2.19. The molecule has 1 atom stereocenters. The minimum absolute atomic E-state index is 0.351. The first-order valence-electron chi connectivity index (χ1n) is 7.15. The molecule has 4 heteroatoms. The lowest BCUT2D eigenvalue weighted by Gasteiger charge is -2.18. The molecule has 0 fully saturated rings. The van der Waals surface area contributed by atoms with E-state index in [1.807, 2.05) is 6.08 Å². The quantitative estimate of drug-likeness (QED) is 0.604. The first kappa shape index (κ1) is 15.5. The molecule has 1 unspecified atom stereocenters. The van der Waals surface area contributed by atoms with Crippen molar-refractivity contribution in [2.75, 3.05) is 26.4 Å². The Hall–Kier alpha value is -0.840. The van der Waals surface area contributed by atoms with Gasteiger partial charge in [-0.25, -0.2) is 0 Å². The summed E-state index contributed by atoms with van der Waals surface area (Å²) in [6.07, 6.45) is 4.96. The minimum atomic E-state index is 0.351. The second-order valence-electron chi connectivity index (χ2n) is 4.87. The van der Waals surface area contributed by atoms with Crippen molar-refractivity contribution in [1.29, 1.82) is 0 Å². The van der Waals surface area contributed by atoms with Crippen molar-refractivity contribution in [3.05, 3.63) is 40.9 Å². The van der Waals surface area contributed by atoms with Crippen molar-refractivity contribution in [2.24, 2.45) is 0 Å². The minimum Gasteiger partial charge on any atom is -0.493 e. The van der Waals surface area contributed by atoms with Crippen LogP contribution in [0.2, 0.25) is 0 Å². The zero-order chi connectivity index (χ0) is 14.2. The number of hydrogen-bond donors (Lipinski definition) is 1. The molecule has 1 heterocycles. The van der Waals surface area contributed by atoms with Gasteiger partial charge in [-0.1, -0.05) is 28.1 Å². The lowest BCUT2D eigenvalue weighted by molar-refractivity contribution is 0.138. The molecule has 20 heavy (non-hydrogen) atoms. The van der Waals surface area contributed by atoms with Crippen LogP contribution < -0.4 is 10.1 Å². The maximum Gasteiger partial charge on any atom is 0.125 e. The summed E-state index contributed by atoms with van der Waals surface area (Å²) in [4.78, 5) is 0. The fourth-order valence-electron chi connectivity index (χ4n) is 2.33. The fourth-order valence-corrected chi connectivity index (χ4v) is 2.67. The van der Waals surface area contributed by atoms with Gasteiger partial charge < -0.3 is 14.8 Å². The molecule has 1 N–H and O–H groups in total. The SMILES string of the molecule is C=CCCOCCNC1CCCOc2cc(Br)ccc21. The van der Waals surface area contributed by atoms with Gasteiger partial charge in [-0.3, -0.25) is 0 Å².